The smallest absolute Gasteiger partial charge is 0.411 e. The molecule has 12 heteroatoms. The lowest BCUT2D eigenvalue weighted by Crippen LogP contribution is -2.35. The maximum Gasteiger partial charge on any atom is 0.411 e. The van der Waals surface area contributed by atoms with Crippen LogP contribution in [0.1, 0.15) is 5.56 Å². The average Bonchev–Trinajstić information content (AvgIpc) is 3.42. The second kappa shape index (κ2) is 10.4. The van der Waals surface area contributed by atoms with Crippen molar-refractivity contribution in [3.8, 4) is 34.6 Å². The van der Waals surface area contributed by atoms with Gasteiger partial charge < -0.3 is 28.1 Å². The summed E-state index contributed by atoms with van der Waals surface area (Å²) in [4.78, 5) is 25.3. The van der Waals surface area contributed by atoms with Crippen LogP contribution in [-0.2, 0) is 4.74 Å². The Morgan fingerprint density at radius 2 is 1.95 bits per heavy atom. The van der Waals surface area contributed by atoms with Crippen LogP contribution < -0.4 is 24.3 Å². The van der Waals surface area contributed by atoms with Gasteiger partial charge in [-0.25, -0.2) is 19.7 Å². The van der Waals surface area contributed by atoms with Crippen LogP contribution >= 0.6 is 11.6 Å². The van der Waals surface area contributed by atoms with Gasteiger partial charge in [-0.05, 0) is 36.8 Å². The number of pyridine rings is 1. The number of hydrogen-bond donors (Lipinski definition) is 1. The molecular formula is C28H23ClN4O7. The van der Waals surface area contributed by atoms with Crippen molar-refractivity contribution in [3.05, 3.63) is 59.4 Å². The number of benzene rings is 2. The second-order valence-electron chi connectivity index (χ2n) is 9.00. The highest BCUT2D eigenvalue weighted by atomic mass is 35.5. The van der Waals surface area contributed by atoms with Crippen molar-refractivity contribution in [3.63, 3.8) is 0 Å². The van der Waals surface area contributed by atoms with E-state index in [9.17, 15) is 4.79 Å². The molecule has 3 aromatic heterocycles. The predicted octanol–water partition coefficient (Wildman–Crippen LogP) is 5.81. The minimum Gasteiger partial charge on any atom is -0.485 e. The monoisotopic (exact) mass is 562 g/mol. The van der Waals surface area contributed by atoms with Crippen molar-refractivity contribution in [2.45, 2.75) is 13.0 Å². The van der Waals surface area contributed by atoms with Crippen molar-refractivity contribution in [1.29, 1.82) is 0 Å². The van der Waals surface area contributed by atoms with E-state index >= 15 is 0 Å². The minimum absolute atomic E-state index is 0.0431. The fourth-order valence-corrected chi connectivity index (χ4v) is 4.63. The molecule has 6 rings (SSSR count). The Labute approximate surface area is 232 Å². The number of nitrogens with zero attached hydrogens (tertiary/aromatic N) is 3. The molecule has 204 valence electrons. The molecule has 0 bridgehead atoms. The Morgan fingerprint density at radius 1 is 1.10 bits per heavy atom. The minimum atomic E-state index is -0.652. The van der Waals surface area contributed by atoms with Crippen molar-refractivity contribution < 1.29 is 32.9 Å². The quantitative estimate of drug-likeness (QED) is 0.271. The van der Waals surface area contributed by atoms with Crippen LogP contribution in [0.4, 0.5) is 10.5 Å². The Morgan fingerprint density at radius 3 is 2.73 bits per heavy atom. The van der Waals surface area contributed by atoms with Gasteiger partial charge in [0.25, 0.3) is 0 Å². The number of furan rings is 1. The number of fused-ring (bicyclic) bond motifs is 4. The number of halogens is 1. The van der Waals surface area contributed by atoms with Gasteiger partial charge in [-0.2, -0.15) is 0 Å². The van der Waals surface area contributed by atoms with Crippen LogP contribution in [-0.4, -0.2) is 54.6 Å². The van der Waals surface area contributed by atoms with Gasteiger partial charge in [-0.15, -0.1) is 0 Å². The molecule has 0 radical (unpaired) electrons. The lowest BCUT2D eigenvalue weighted by molar-refractivity contribution is 0.0382. The van der Waals surface area contributed by atoms with E-state index in [0.717, 1.165) is 11.1 Å². The van der Waals surface area contributed by atoms with E-state index in [-0.39, 0.29) is 13.2 Å². The van der Waals surface area contributed by atoms with Gasteiger partial charge in [-0.3, -0.25) is 5.32 Å². The Kier molecular flexibility index (Phi) is 6.64. The molecule has 0 aliphatic carbocycles. The Bertz CT molecular complexity index is 1740. The molecule has 1 aliphatic heterocycles. The van der Waals surface area contributed by atoms with Gasteiger partial charge in [-0.1, -0.05) is 11.6 Å². The zero-order chi connectivity index (χ0) is 27.8. The molecule has 11 nitrogen and oxygen atoms in total. The van der Waals surface area contributed by atoms with E-state index in [1.165, 1.54) is 13.3 Å². The van der Waals surface area contributed by atoms with Gasteiger partial charge in [0.2, 0.25) is 11.8 Å². The molecule has 2 aromatic carbocycles. The summed E-state index contributed by atoms with van der Waals surface area (Å²) >= 11 is 6.59. The molecular weight excluding hydrogens is 540 g/mol. The van der Waals surface area contributed by atoms with E-state index in [1.807, 2.05) is 25.1 Å². The molecule has 0 spiro atoms. The summed E-state index contributed by atoms with van der Waals surface area (Å²) in [5.41, 5.74) is 4.00. The normalized spacial score (nSPS) is 14.2. The van der Waals surface area contributed by atoms with Gasteiger partial charge in [0.1, 0.15) is 19.0 Å². The zero-order valence-electron chi connectivity index (χ0n) is 21.7. The SMILES string of the molecule is COc1ccc(NC(=O)OCC2COc3c(cc(Cl)c4oc(-c5cc(C)cc6nc(OC)cnc56)cc34)O2)cn1. The summed E-state index contributed by atoms with van der Waals surface area (Å²) in [5, 5.41) is 3.60. The first-order valence-electron chi connectivity index (χ1n) is 12.2. The fraction of sp³-hybridized carbons (Fsp3) is 0.214. The van der Waals surface area contributed by atoms with Crippen LogP contribution in [0.5, 0.6) is 23.3 Å². The van der Waals surface area contributed by atoms with Crippen LogP contribution in [0, 0.1) is 6.92 Å². The molecule has 0 saturated carbocycles. The van der Waals surface area contributed by atoms with Crippen molar-refractivity contribution in [1.82, 2.24) is 15.0 Å². The van der Waals surface area contributed by atoms with E-state index in [2.05, 4.69) is 20.3 Å². The second-order valence-corrected chi connectivity index (χ2v) is 9.40. The molecule has 1 N–H and O–H groups in total. The third-order valence-electron chi connectivity index (χ3n) is 6.22. The molecule has 1 unspecified atom stereocenters. The van der Waals surface area contributed by atoms with Crippen LogP contribution in [0.2, 0.25) is 5.02 Å². The molecule has 1 atom stereocenters. The van der Waals surface area contributed by atoms with Gasteiger partial charge in [0, 0.05) is 17.7 Å². The van der Waals surface area contributed by atoms with Gasteiger partial charge >= 0.3 is 6.09 Å². The van der Waals surface area contributed by atoms with Crippen LogP contribution in [0.25, 0.3) is 33.3 Å². The number of rotatable bonds is 6. The van der Waals surface area contributed by atoms with Crippen LogP contribution in [0.3, 0.4) is 0 Å². The number of carbonyl (C=O) groups is 1. The van der Waals surface area contributed by atoms with Gasteiger partial charge in [0.15, 0.2) is 23.2 Å². The maximum atomic E-state index is 12.2. The average molecular weight is 563 g/mol. The van der Waals surface area contributed by atoms with E-state index in [4.69, 9.17) is 39.7 Å². The summed E-state index contributed by atoms with van der Waals surface area (Å²) in [6.07, 6.45) is 1.83. The Hall–Kier alpha value is -4.77. The number of amides is 1. The molecule has 4 heterocycles. The largest absolute Gasteiger partial charge is 0.485 e. The van der Waals surface area contributed by atoms with Crippen LogP contribution in [0.15, 0.2) is 53.2 Å². The Balaban J connectivity index is 1.22. The first-order chi connectivity index (χ1) is 19.4. The standard InChI is InChI=1S/C28H23ClN4O7/c1-14-6-17(25-20(7-14)33-24(36-3)11-31-25)21-8-18-26(40-21)19(29)9-22-27(18)37-12-16(39-22)13-38-28(34)32-15-4-5-23(35-2)30-10-15/h4-11,16H,12-13H2,1-3H3,(H,32,34). The first-order valence-corrected chi connectivity index (χ1v) is 12.6. The molecule has 1 aliphatic rings. The number of nitrogens with one attached hydrogen (secondary N) is 1. The fourth-order valence-electron chi connectivity index (χ4n) is 4.39. The highest BCUT2D eigenvalue weighted by Gasteiger charge is 2.28. The van der Waals surface area contributed by atoms with E-state index in [0.29, 0.717) is 61.7 Å². The predicted molar refractivity (Wildman–Crippen MR) is 147 cm³/mol. The van der Waals surface area contributed by atoms with Crippen molar-refractivity contribution in [2.24, 2.45) is 0 Å². The van der Waals surface area contributed by atoms with E-state index in [1.54, 1.807) is 31.5 Å². The van der Waals surface area contributed by atoms with Crippen molar-refractivity contribution >= 4 is 45.4 Å². The summed E-state index contributed by atoms with van der Waals surface area (Å²) < 4.78 is 33.8. The number of aromatic nitrogens is 3. The molecule has 1 amide bonds. The number of ether oxygens (including phenoxy) is 5. The topological polar surface area (TPSA) is 127 Å². The summed E-state index contributed by atoms with van der Waals surface area (Å²) in [7, 11) is 3.06. The highest BCUT2D eigenvalue weighted by molar-refractivity contribution is 6.35. The molecule has 0 fully saturated rings. The molecule has 5 aromatic rings. The number of aryl methyl sites for hydroxylation is 1. The third-order valence-corrected chi connectivity index (χ3v) is 6.50. The molecule has 0 saturated heterocycles. The lowest BCUT2D eigenvalue weighted by Gasteiger charge is -2.26. The first kappa shape index (κ1) is 25.5. The zero-order valence-corrected chi connectivity index (χ0v) is 22.4. The van der Waals surface area contributed by atoms with Gasteiger partial charge in [0.05, 0.1) is 53.7 Å². The lowest BCUT2D eigenvalue weighted by atomic mass is 10.1. The number of anilines is 1. The van der Waals surface area contributed by atoms with Crippen molar-refractivity contribution in [2.75, 3.05) is 32.8 Å². The number of carbonyl (C=O) groups excluding carboxylic acids is 1. The number of methoxy groups -OCH3 is 2. The highest BCUT2D eigenvalue weighted by Crippen LogP contribution is 2.46. The third kappa shape index (κ3) is 4.87. The molecule has 40 heavy (non-hydrogen) atoms. The summed E-state index contributed by atoms with van der Waals surface area (Å²) in [6.45, 7) is 2.08. The number of hydrogen-bond acceptors (Lipinski definition) is 10. The summed E-state index contributed by atoms with van der Waals surface area (Å²) in [6, 6.07) is 10.7. The summed E-state index contributed by atoms with van der Waals surface area (Å²) in [5.74, 6) is 2.32. The van der Waals surface area contributed by atoms with E-state index < -0.39 is 12.2 Å². The maximum absolute atomic E-state index is 12.2.